The lowest BCUT2D eigenvalue weighted by atomic mass is 9.90. The summed E-state index contributed by atoms with van der Waals surface area (Å²) in [5.74, 6) is 0.561. The summed E-state index contributed by atoms with van der Waals surface area (Å²) in [7, 11) is 0. The number of benzene rings is 2. The summed E-state index contributed by atoms with van der Waals surface area (Å²) in [4.78, 5) is 0. The van der Waals surface area contributed by atoms with Gasteiger partial charge in [0.15, 0.2) is 0 Å². The van der Waals surface area contributed by atoms with Crippen molar-refractivity contribution in [2.24, 2.45) is 5.92 Å². The van der Waals surface area contributed by atoms with E-state index in [0.717, 1.165) is 12.0 Å². The monoisotopic (exact) mass is 223 g/mol. The number of hydrogen-bond acceptors (Lipinski definition) is 1. The molecule has 17 heavy (non-hydrogen) atoms. The molecule has 2 aromatic carbocycles. The van der Waals surface area contributed by atoms with E-state index in [-0.39, 0.29) is 5.92 Å². The molecular weight excluding hydrogens is 206 g/mol. The highest BCUT2D eigenvalue weighted by molar-refractivity contribution is 5.83. The van der Waals surface area contributed by atoms with E-state index < -0.39 is 0 Å². The third kappa shape index (κ3) is 2.65. The molecule has 1 atom stereocenters. The van der Waals surface area contributed by atoms with E-state index in [2.05, 4.69) is 50.2 Å². The van der Waals surface area contributed by atoms with Gasteiger partial charge in [0.1, 0.15) is 0 Å². The minimum atomic E-state index is 0.0135. The minimum absolute atomic E-state index is 0.0135. The van der Waals surface area contributed by atoms with Gasteiger partial charge in [0.05, 0.1) is 12.0 Å². The number of nitrogens with zero attached hydrogens (tertiary/aromatic N) is 1. The SMILES string of the molecule is CC(C)CC(C#N)c1ccc2ccccc2c1. The molecule has 0 bridgehead atoms. The maximum absolute atomic E-state index is 9.25. The summed E-state index contributed by atoms with van der Waals surface area (Å²) in [6, 6.07) is 17.0. The number of nitriles is 1. The Morgan fingerprint density at radius 3 is 2.41 bits per heavy atom. The van der Waals surface area contributed by atoms with Crippen LogP contribution in [0.1, 0.15) is 31.7 Å². The van der Waals surface area contributed by atoms with E-state index in [1.54, 1.807) is 0 Å². The van der Waals surface area contributed by atoms with Gasteiger partial charge in [0.25, 0.3) is 0 Å². The molecule has 0 aliphatic rings. The molecule has 2 aromatic rings. The van der Waals surface area contributed by atoms with E-state index >= 15 is 0 Å². The highest BCUT2D eigenvalue weighted by atomic mass is 14.3. The Kier molecular flexibility index (Phi) is 3.44. The lowest BCUT2D eigenvalue weighted by molar-refractivity contribution is 0.555. The zero-order chi connectivity index (χ0) is 12.3. The van der Waals surface area contributed by atoms with Crippen molar-refractivity contribution in [2.75, 3.05) is 0 Å². The van der Waals surface area contributed by atoms with Crippen molar-refractivity contribution in [1.82, 2.24) is 0 Å². The molecule has 0 saturated heterocycles. The highest BCUT2D eigenvalue weighted by Gasteiger charge is 2.12. The predicted molar refractivity (Wildman–Crippen MR) is 71.8 cm³/mol. The van der Waals surface area contributed by atoms with Crippen molar-refractivity contribution in [3.63, 3.8) is 0 Å². The largest absolute Gasteiger partial charge is 0.198 e. The second kappa shape index (κ2) is 5.01. The van der Waals surface area contributed by atoms with Crippen molar-refractivity contribution in [3.05, 3.63) is 48.0 Å². The third-order valence-corrected chi connectivity index (χ3v) is 3.04. The molecule has 0 saturated carbocycles. The smallest absolute Gasteiger partial charge is 0.0715 e. The molecular formula is C16H17N. The molecule has 0 spiro atoms. The summed E-state index contributed by atoms with van der Waals surface area (Å²) in [5.41, 5.74) is 1.14. The molecule has 0 aromatic heterocycles. The van der Waals surface area contributed by atoms with Crippen molar-refractivity contribution < 1.29 is 0 Å². The summed E-state index contributed by atoms with van der Waals surface area (Å²) in [6.45, 7) is 4.32. The van der Waals surface area contributed by atoms with E-state index in [0.29, 0.717) is 5.92 Å². The predicted octanol–water partition coefficient (Wildman–Crippen LogP) is 4.49. The van der Waals surface area contributed by atoms with Gasteiger partial charge in [0.2, 0.25) is 0 Å². The van der Waals surface area contributed by atoms with Crippen LogP contribution in [-0.4, -0.2) is 0 Å². The maximum Gasteiger partial charge on any atom is 0.0715 e. The molecule has 0 fully saturated rings. The normalized spacial score (nSPS) is 12.6. The summed E-state index contributed by atoms with van der Waals surface area (Å²) in [6.07, 6.45) is 0.925. The lowest BCUT2D eigenvalue weighted by Crippen LogP contribution is -2.00. The Morgan fingerprint density at radius 2 is 1.76 bits per heavy atom. The Hall–Kier alpha value is -1.81. The fraction of sp³-hybridized carbons (Fsp3) is 0.312. The zero-order valence-corrected chi connectivity index (χ0v) is 10.4. The number of fused-ring (bicyclic) bond motifs is 1. The van der Waals surface area contributed by atoms with Crippen LogP contribution in [-0.2, 0) is 0 Å². The van der Waals surface area contributed by atoms with Crippen LogP contribution in [0.25, 0.3) is 10.8 Å². The molecule has 2 rings (SSSR count). The molecule has 1 unspecified atom stereocenters. The maximum atomic E-state index is 9.25. The van der Waals surface area contributed by atoms with Gasteiger partial charge in [-0.05, 0) is 34.7 Å². The number of hydrogen-bond donors (Lipinski definition) is 0. The van der Waals surface area contributed by atoms with E-state index in [4.69, 9.17) is 0 Å². The first-order valence-electron chi connectivity index (χ1n) is 6.09. The van der Waals surface area contributed by atoms with Crippen LogP contribution >= 0.6 is 0 Å². The first-order valence-corrected chi connectivity index (χ1v) is 6.09. The van der Waals surface area contributed by atoms with Crippen LogP contribution in [0, 0.1) is 17.2 Å². The van der Waals surface area contributed by atoms with E-state index in [1.165, 1.54) is 10.8 Å². The van der Waals surface area contributed by atoms with E-state index in [1.807, 2.05) is 12.1 Å². The zero-order valence-electron chi connectivity index (χ0n) is 10.4. The van der Waals surface area contributed by atoms with Gasteiger partial charge in [-0.2, -0.15) is 5.26 Å². The van der Waals surface area contributed by atoms with Gasteiger partial charge < -0.3 is 0 Å². The van der Waals surface area contributed by atoms with Gasteiger partial charge >= 0.3 is 0 Å². The molecule has 0 aliphatic carbocycles. The quantitative estimate of drug-likeness (QED) is 0.752. The van der Waals surface area contributed by atoms with Gasteiger partial charge in [-0.3, -0.25) is 0 Å². The minimum Gasteiger partial charge on any atom is -0.198 e. The molecule has 0 N–H and O–H groups in total. The fourth-order valence-electron chi connectivity index (χ4n) is 2.16. The van der Waals surface area contributed by atoms with E-state index in [9.17, 15) is 5.26 Å². The standard InChI is InChI=1S/C16H17N/c1-12(2)9-16(11-17)15-8-7-13-5-3-4-6-14(13)10-15/h3-8,10,12,16H,9H2,1-2H3. The first kappa shape index (κ1) is 11.7. The third-order valence-electron chi connectivity index (χ3n) is 3.04. The fourth-order valence-corrected chi connectivity index (χ4v) is 2.16. The van der Waals surface area contributed by atoms with Crippen LogP contribution in [0.15, 0.2) is 42.5 Å². The van der Waals surface area contributed by atoms with Gasteiger partial charge in [-0.25, -0.2) is 0 Å². The second-order valence-corrected chi connectivity index (χ2v) is 4.92. The van der Waals surface area contributed by atoms with Crippen molar-refractivity contribution in [3.8, 4) is 6.07 Å². The van der Waals surface area contributed by atoms with Gasteiger partial charge in [-0.1, -0.05) is 50.2 Å². The Labute approximate surface area is 103 Å². The summed E-state index contributed by atoms with van der Waals surface area (Å²) >= 11 is 0. The molecule has 0 aliphatic heterocycles. The Morgan fingerprint density at radius 1 is 1.06 bits per heavy atom. The molecule has 1 nitrogen and oxygen atoms in total. The average molecular weight is 223 g/mol. The molecule has 0 radical (unpaired) electrons. The van der Waals surface area contributed by atoms with Crippen LogP contribution in [0.4, 0.5) is 0 Å². The lowest BCUT2D eigenvalue weighted by Gasteiger charge is -2.12. The molecule has 0 heterocycles. The van der Waals surface area contributed by atoms with Crippen molar-refractivity contribution in [2.45, 2.75) is 26.2 Å². The first-order chi connectivity index (χ1) is 8.20. The molecule has 1 heteroatoms. The Balaban J connectivity index is 2.38. The molecule has 0 amide bonds. The van der Waals surface area contributed by atoms with Gasteiger partial charge in [0, 0.05) is 0 Å². The van der Waals surface area contributed by atoms with Gasteiger partial charge in [-0.15, -0.1) is 0 Å². The second-order valence-electron chi connectivity index (χ2n) is 4.92. The summed E-state index contributed by atoms with van der Waals surface area (Å²) in [5, 5.41) is 11.7. The summed E-state index contributed by atoms with van der Waals surface area (Å²) < 4.78 is 0. The van der Waals surface area contributed by atoms with Crippen LogP contribution < -0.4 is 0 Å². The van der Waals surface area contributed by atoms with Crippen LogP contribution in [0.5, 0.6) is 0 Å². The topological polar surface area (TPSA) is 23.8 Å². The number of rotatable bonds is 3. The highest BCUT2D eigenvalue weighted by Crippen LogP contribution is 2.26. The Bertz CT molecular complexity index is 549. The average Bonchev–Trinajstić information content (AvgIpc) is 2.35. The van der Waals surface area contributed by atoms with Crippen LogP contribution in [0.2, 0.25) is 0 Å². The van der Waals surface area contributed by atoms with Crippen LogP contribution in [0.3, 0.4) is 0 Å². The van der Waals surface area contributed by atoms with Crippen molar-refractivity contribution in [1.29, 1.82) is 5.26 Å². The van der Waals surface area contributed by atoms with Crippen molar-refractivity contribution >= 4 is 10.8 Å². The molecule has 86 valence electrons.